The van der Waals surface area contributed by atoms with Crippen LogP contribution in [0.2, 0.25) is 0 Å². The van der Waals surface area contributed by atoms with E-state index in [0.717, 1.165) is 47.0 Å². The van der Waals surface area contributed by atoms with E-state index in [1.165, 1.54) is 30.4 Å². The van der Waals surface area contributed by atoms with E-state index >= 15 is 0 Å². The maximum absolute atomic E-state index is 5.44. The molecule has 0 heterocycles. The number of benzene rings is 2. The molecule has 0 aliphatic carbocycles. The molecule has 27 heavy (non-hydrogen) atoms. The summed E-state index contributed by atoms with van der Waals surface area (Å²) in [5, 5.41) is 6.72. The minimum Gasteiger partial charge on any atom is -0.376 e. The molecule has 0 aliphatic rings. The SMILES string of the molecule is Cc1ccc(C(=S)NCCCCCCCNC(=S)c2ccc(C)cc2)cc1. The van der Waals surface area contributed by atoms with Gasteiger partial charge in [0, 0.05) is 24.2 Å². The van der Waals surface area contributed by atoms with Crippen molar-refractivity contribution in [1.82, 2.24) is 10.6 Å². The average molecular weight is 399 g/mol. The first-order valence-electron chi connectivity index (χ1n) is 9.76. The highest BCUT2D eigenvalue weighted by Gasteiger charge is 2.01. The fourth-order valence-corrected chi connectivity index (χ4v) is 3.27. The van der Waals surface area contributed by atoms with Crippen LogP contribution in [0, 0.1) is 13.8 Å². The largest absolute Gasteiger partial charge is 0.376 e. The van der Waals surface area contributed by atoms with Gasteiger partial charge < -0.3 is 10.6 Å². The van der Waals surface area contributed by atoms with Crippen LogP contribution in [0.25, 0.3) is 0 Å². The summed E-state index contributed by atoms with van der Waals surface area (Å²) in [6.07, 6.45) is 6.01. The van der Waals surface area contributed by atoms with Crippen molar-refractivity contribution < 1.29 is 0 Å². The molecule has 144 valence electrons. The second-order valence-corrected chi connectivity index (χ2v) is 7.83. The number of hydrogen-bond donors (Lipinski definition) is 2. The highest BCUT2D eigenvalue weighted by Crippen LogP contribution is 2.06. The zero-order valence-electron chi connectivity index (χ0n) is 16.4. The van der Waals surface area contributed by atoms with Gasteiger partial charge in [-0.1, -0.05) is 103 Å². The molecule has 2 N–H and O–H groups in total. The monoisotopic (exact) mass is 398 g/mol. The fraction of sp³-hybridized carbons (Fsp3) is 0.391. The Morgan fingerprint density at radius 2 is 0.926 bits per heavy atom. The van der Waals surface area contributed by atoms with E-state index in [1.54, 1.807) is 0 Å². The summed E-state index contributed by atoms with van der Waals surface area (Å²) in [5.41, 5.74) is 4.73. The fourth-order valence-electron chi connectivity index (χ4n) is 2.80. The summed E-state index contributed by atoms with van der Waals surface area (Å²) in [6, 6.07) is 16.7. The lowest BCUT2D eigenvalue weighted by molar-refractivity contribution is 0.604. The first kappa shape index (κ1) is 21.5. The van der Waals surface area contributed by atoms with Gasteiger partial charge in [-0.25, -0.2) is 0 Å². The Bertz CT molecular complexity index is 658. The lowest BCUT2D eigenvalue weighted by Crippen LogP contribution is -2.23. The first-order valence-corrected chi connectivity index (χ1v) is 10.6. The third kappa shape index (κ3) is 8.19. The lowest BCUT2D eigenvalue weighted by atomic mass is 10.1. The summed E-state index contributed by atoms with van der Waals surface area (Å²) < 4.78 is 0. The number of rotatable bonds is 10. The Labute approximate surface area is 174 Å². The number of unbranched alkanes of at least 4 members (excludes halogenated alkanes) is 4. The molecular formula is C23H30N2S2. The van der Waals surface area contributed by atoms with E-state index in [4.69, 9.17) is 24.4 Å². The van der Waals surface area contributed by atoms with E-state index in [2.05, 4.69) is 73.0 Å². The van der Waals surface area contributed by atoms with Gasteiger partial charge in [-0.2, -0.15) is 0 Å². The molecule has 2 rings (SSSR count). The Morgan fingerprint density at radius 1 is 0.593 bits per heavy atom. The molecule has 0 fully saturated rings. The van der Waals surface area contributed by atoms with Crippen LogP contribution in [0.4, 0.5) is 0 Å². The quantitative estimate of drug-likeness (QED) is 0.408. The van der Waals surface area contributed by atoms with Crippen LogP contribution in [0.5, 0.6) is 0 Å². The van der Waals surface area contributed by atoms with Crippen LogP contribution in [0.1, 0.15) is 54.4 Å². The molecule has 2 aromatic rings. The number of nitrogens with one attached hydrogen (secondary N) is 2. The summed E-state index contributed by atoms with van der Waals surface area (Å²) in [4.78, 5) is 1.70. The summed E-state index contributed by atoms with van der Waals surface area (Å²) in [7, 11) is 0. The van der Waals surface area contributed by atoms with Crippen LogP contribution in [-0.2, 0) is 0 Å². The predicted molar refractivity (Wildman–Crippen MR) is 125 cm³/mol. The zero-order chi connectivity index (χ0) is 19.5. The molecule has 0 saturated heterocycles. The number of thiocarbonyl (C=S) groups is 2. The third-order valence-corrected chi connectivity index (χ3v) is 5.31. The molecule has 0 radical (unpaired) electrons. The molecule has 0 atom stereocenters. The Kier molecular flexibility index (Phi) is 9.43. The summed E-state index contributed by atoms with van der Waals surface area (Å²) in [5.74, 6) is 0. The Balaban J connectivity index is 1.47. The van der Waals surface area contributed by atoms with Crippen molar-refractivity contribution in [3.8, 4) is 0 Å². The maximum atomic E-state index is 5.44. The van der Waals surface area contributed by atoms with Crippen LogP contribution in [-0.4, -0.2) is 23.1 Å². The van der Waals surface area contributed by atoms with E-state index in [-0.39, 0.29) is 0 Å². The van der Waals surface area contributed by atoms with Crippen molar-refractivity contribution in [3.05, 3.63) is 70.8 Å². The van der Waals surface area contributed by atoms with Crippen molar-refractivity contribution in [2.24, 2.45) is 0 Å². The molecule has 2 aromatic carbocycles. The molecule has 0 aliphatic heterocycles. The minimum atomic E-state index is 0.851. The summed E-state index contributed by atoms with van der Waals surface area (Å²) >= 11 is 10.9. The molecule has 0 spiro atoms. The smallest absolute Gasteiger partial charge is 0.106 e. The minimum absolute atomic E-state index is 0.851. The van der Waals surface area contributed by atoms with Gasteiger partial charge in [-0.3, -0.25) is 0 Å². The van der Waals surface area contributed by atoms with Crippen molar-refractivity contribution in [2.45, 2.75) is 46.0 Å². The highest BCUT2D eigenvalue weighted by molar-refractivity contribution is 7.81. The molecule has 0 bridgehead atoms. The standard InChI is InChI=1S/C23H30N2S2/c1-18-8-12-20(13-9-18)22(26)24-16-6-4-3-5-7-17-25-23(27)21-14-10-19(2)11-15-21/h8-15H,3-7,16-17H2,1-2H3,(H,24,26)(H,25,27). The molecule has 0 unspecified atom stereocenters. The molecule has 4 heteroatoms. The molecule has 0 amide bonds. The van der Waals surface area contributed by atoms with Gasteiger partial charge in [0.1, 0.15) is 9.98 Å². The Morgan fingerprint density at radius 3 is 1.30 bits per heavy atom. The van der Waals surface area contributed by atoms with Gasteiger partial charge in [0.15, 0.2) is 0 Å². The van der Waals surface area contributed by atoms with Crippen molar-refractivity contribution in [3.63, 3.8) is 0 Å². The summed E-state index contributed by atoms with van der Waals surface area (Å²) in [6.45, 7) is 6.07. The third-order valence-electron chi connectivity index (χ3n) is 4.55. The number of hydrogen-bond acceptors (Lipinski definition) is 2. The van der Waals surface area contributed by atoms with Crippen LogP contribution < -0.4 is 10.6 Å². The first-order chi connectivity index (χ1) is 13.1. The molecule has 2 nitrogen and oxygen atoms in total. The topological polar surface area (TPSA) is 24.1 Å². The van der Waals surface area contributed by atoms with Gasteiger partial charge >= 0.3 is 0 Å². The maximum Gasteiger partial charge on any atom is 0.106 e. The van der Waals surface area contributed by atoms with Crippen molar-refractivity contribution in [1.29, 1.82) is 0 Å². The Hall–Kier alpha value is -1.78. The van der Waals surface area contributed by atoms with Gasteiger partial charge in [-0.05, 0) is 26.7 Å². The average Bonchev–Trinajstić information content (AvgIpc) is 2.67. The number of aryl methyl sites for hydroxylation is 2. The van der Waals surface area contributed by atoms with Gasteiger partial charge in [0.2, 0.25) is 0 Å². The van der Waals surface area contributed by atoms with Crippen LogP contribution in [0.15, 0.2) is 48.5 Å². The molecule has 0 saturated carbocycles. The van der Waals surface area contributed by atoms with Crippen LogP contribution >= 0.6 is 24.4 Å². The van der Waals surface area contributed by atoms with E-state index < -0.39 is 0 Å². The second-order valence-electron chi connectivity index (χ2n) is 7.01. The van der Waals surface area contributed by atoms with Crippen molar-refractivity contribution in [2.75, 3.05) is 13.1 Å². The van der Waals surface area contributed by atoms with E-state index in [9.17, 15) is 0 Å². The molecule has 0 aromatic heterocycles. The molecular weight excluding hydrogens is 368 g/mol. The van der Waals surface area contributed by atoms with E-state index in [1.807, 2.05) is 0 Å². The van der Waals surface area contributed by atoms with Gasteiger partial charge in [0.05, 0.1) is 0 Å². The normalized spacial score (nSPS) is 10.4. The van der Waals surface area contributed by atoms with Gasteiger partial charge in [0.25, 0.3) is 0 Å². The van der Waals surface area contributed by atoms with Crippen molar-refractivity contribution >= 4 is 34.4 Å². The second kappa shape index (κ2) is 11.8. The van der Waals surface area contributed by atoms with Crippen LogP contribution in [0.3, 0.4) is 0 Å². The predicted octanol–water partition coefficient (Wildman–Crippen LogP) is 5.48. The lowest BCUT2D eigenvalue weighted by Gasteiger charge is -2.09. The van der Waals surface area contributed by atoms with E-state index in [0.29, 0.717) is 0 Å². The highest BCUT2D eigenvalue weighted by atomic mass is 32.1. The van der Waals surface area contributed by atoms with Gasteiger partial charge in [-0.15, -0.1) is 0 Å². The zero-order valence-corrected chi connectivity index (χ0v) is 18.0.